The number of rotatable bonds is 6. The maximum Gasteiger partial charge on any atom is 0.228 e. The van der Waals surface area contributed by atoms with Crippen molar-refractivity contribution >= 4 is 18.3 Å². The Morgan fingerprint density at radius 3 is 2.33 bits per heavy atom. The molecule has 2 rings (SSSR count). The van der Waals surface area contributed by atoms with Gasteiger partial charge in [0.2, 0.25) is 5.91 Å². The second kappa shape index (κ2) is 8.35. The van der Waals surface area contributed by atoms with Crippen LogP contribution in [0.1, 0.15) is 51.9 Å². The summed E-state index contributed by atoms with van der Waals surface area (Å²) >= 11 is 0. The molecule has 0 radical (unpaired) electrons. The van der Waals surface area contributed by atoms with Gasteiger partial charge in [0.15, 0.2) is 0 Å². The van der Waals surface area contributed by atoms with Gasteiger partial charge >= 0.3 is 0 Å². The third-order valence-corrected chi connectivity index (χ3v) is 5.50. The van der Waals surface area contributed by atoms with E-state index in [0.29, 0.717) is 12.0 Å². The van der Waals surface area contributed by atoms with Crippen molar-refractivity contribution in [1.29, 1.82) is 0 Å². The van der Waals surface area contributed by atoms with E-state index in [-0.39, 0.29) is 23.7 Å². The number of ether oxygens (including phenoxy) is 1. The highest BCUT2D eigenvalue weighted by Gasteiger charge is 2.41. The van der Waals surface area contributed by atoms with Crippen LogP contribution in [0.2, 0.25) is 0 Å². The van der Waals surface area contributed by atoms with Crippen molar-refractivity contribution in [2.75, 3.05) is 33.4 Å². The van der Waals surface area contributed by atoms with Crippen LogP contribution in [0.5, 0.6) is 0 Å². The fourth-order valence-electron chi connectivity index (χ4n) is 3.85. The molecule has 0 aromatic heterocycles. The lowest BCUT2D eigenvalue weighted by atomic mass is 9.77. The van der Waals surface area contributed by atoms with Crippen LogP contribution < -0.4 is 10.6 Å². The Morgan fingerprint density at radius 1 is 1.19 bits per heavy atom. The first-order valence-corrected chi connectivity index (χ1v) is 8.14. The van der Waals surface area contributed by atoms with Gasteiger partial charge in [-0.3, -0.25) is 4.79 Å². The molecule has 2 fully saturated rings. The maximum absolute atomic E-state index is 12.7. The van der Waals surface area contributed by atoms with E-state index < -0.39 is 0 Å². The Morgan fingerprint density at radius 2 is 1.81 bits per heavy atom. The minimum absolute atomic E-state index is 0. The molecule has 0 atom stereocenters. The Hall–Kier alpha value is -0.320. The molecule has 0 aromatic rings. The summed E-state index contributed by atoms with van der Waals surface area (Å²) in [6.45, 7) is 5.47. The van der Waals surface area contributed by atoms with Crippen molar-refractivity contribution in [2.45, 2.75) is 51.9 Å². The number of amides is 1. The zero-order chi connectivity index (χ0) is 14.5. The predicted molar refractivity (Wildman–Crippen MR) is 87.9 cm³/mol. The van der Waals surface area contributed by atoms with Crippen LogP contribution in [0.4, 0.5) is 0 Å². The molecule has 0 bridgehead atoms. The van der Waals surface area contributed by atoms with Crippen molar-refractivity contribution < 1.29 is 9.53 Å². The number of halogens is 1. The smallest absolute Gasteiger partial charge is 0.228 e. The Kier molecular flexibility index (Phi) is 7.45. The van der Waals surface area contributed by atoms with E-state index in [1.165, 1.54) is 32.1 Å². The molecule has 1 saturated heterocycles. The molecular formula is C16H31ClN2O2. The summed E-state index contributed by atoms with van der Waals surface area (Å²) in [7, 11) is 1.70. The molecule has 21 heavy (non-hydrogen) atoms. The lowest BCUT2D eigenvalue weighted by Gasteiger charge is -2.37. The Bertz CT molecular complexity index is 319. The van der Waals surface area contributed by atoms with Crippen molar-refractivity contribution in [3.8, 4) is 0 Å². The Labute approximate surface area is 135 Å². The molecule has 1 amide bonds. The van der Waals surface area contributed by atoms with Gasteiger partial charge in [0.25, 0.3) is 0 Å². The van der Waals surface area contributed by atoms with Gasteiger partial charge < -0.3 is 15.4 Å². The van der Waals surface area contributed by atoms with Gasteiger partial charge in [-0.25, -0.2) is 0 Å². The van der Waals surface area contributed by atoms with Crippen LogP contribution in [0, 0.1) is 10.8 Å². The van der Waals surface area contributed by atoms with Crippen LogP contribution in [-0.4, -0.2) is 39.3 Å². The fraction of sp³-hybridized carbons (Fsp3) is 0.938. The molecule has 0 spiro atoms. The first kappa shape index (κ1) is 18.7. The highest BCUT2D eigenvalue weighted by atomic mass is 35.5. The van der Waals surface area contributed by atoms with E-state index in [1.807, 2.05) is 0 Å². The van der Waals surface area contributed by atoms with E-state index in [9.17, 15) is 4.79 Å². The molecule has 1 aliphatic heterocycles. The maximum atomic E-state index is 12.7. The first-order chi connectivity index (χ1) is 9.66. The number of nitrogens with one attached hydrogen (secondary N) is 2. The van der Waals surface area contributed by atoms with Crippen LogP contribution in [0.15, 0.2) is 0 Å². The molecular weight excluding hydrogens is 288 g/mol. The molecule has 1 aliphatic carbocycles. The minimum atomic E-state index is -0.312. The highest BCUT2D eigenvalue weighted by molar-refractivity contribution is 5.85. The van der Waals surface area contributed by atoms with E-state index >= 15 is 0 Å². The molecule has 2 aliphatic rings. The summed E-state index contributed by atoms with van der Waals surface area (Å²) in [5.74, 6) is 0.209. The van der Waals surface area contributed by atoms with Gasteiger partial charge in [-0.1, -0.05) is 19.8 Å². The van der Waals surface area contributed by atoms with E-state index in [0.717, 1.165) is 32.5 Å². The van der Waals surface area contributed by atoms with E-state index in [1.54, 1.807) is 7.11 Å². The van der Waals surface area contributed by atoms with Gasteiger partial charge in [0.05, 0.1) is 12.0 Å². The quantitative estimate of drug-likeness (QED) is 0.791. The molecule has 5 heteroatoms. The normalized spacial score (nSPS) is 23.3. The third kappa shape index (κ3) is 4.33. The fourth-order valence-corrected chi connectivity index (χ4v) is 3.85. The summed E-state index contributed by atoms with van der Waals surface area (Å²) in [6.07, 6.45) is 8.10. The molecule has 2 N–H and O–H groups in total. The topological polar surface area (TPSA) is 50.4 Å². The molecule has 124 valence electrons. The molecule has 0 aromatic carbocycles. The van der Waals surface area contributed by atoms with Crippen LogP contribution in [0.25, 0.3) is 0 Å². The van der Waals surface area contributed by atoms with E-state index in [4.69, 9.17) is 4.74 Å². The minimum Gasteiger partial charge on any atom is -0.384 e. The molecule has 4 nitrogen and oxygen atoms in total. The Balaban J connectivity index is 0.00000220. The summed E-state index contributed by atoms with van der Waals surface area (Å²) in [5.41, 5.74) is 0.0460. The number of hydrogen-bond donors (Lipinski definition) is 2. The van der Waals surface area contributed by atoms with Gasteiger partial charge in [-0.05, 0) is 50.6 Å². The van der Waals surface area contributed by atoms with E-state index in [2.05, 4.69) is 17.6 Å². The van der Waals surface area contributed by atoms with Crippen LogP contribution in [0.3, 0.4) is 0 Å². The summed E-state index contributed by atoms with van der Waals surface area (Å²) in [6, 6.07) is 0. The summed E-state index contributed by atoms with van der Waals surface area (Å²) < 4.78 is 5.34. The predicted octanol–water partition coefficient (Wildman–Crippen LogP) is 2.51. The lowest BCUT2D eigenvalue weighted by molar-refractivity contribution is -0.136. The summed E-state index contributed by atoms with van der Waals surface area (Å²) in [5, 5.41) is 6.60. The third-order valence-electron chi connectivity index (χ3n) is 5.50. The largest absolute Gasteiger partial charge is 0.384 e. The number of methoxy groups -OCH3 is 1. The number of piperidine rings is 1. The number of carbonyl (C=O) groups excluding carboxylic acids is 1. The highest BCUT2D eigenvalue weighted by Crippen LogP contribution is 2.40. The van der Waals surface area contributed by atoms with Crippen molar-refractivity contribution in [1.82, 2.24) is 10.6 Å². The van der Waals surface area contributed by atoms with Crippen molar-refractivity contribution in [2.24, 2.45) is 10.8 Å². The van der Waals surface area contributed by atoms with Crippen molar-refractivity contribution in [3.05, 3.63) is 0 Å². The van der Waals surface area contributed by atoms with Gasteiger partial charge in [-0.15, -0.1) is 12.4 Å². The van der Waals surface area contributed by atoms with Crippen LogP contribution >= 0.6 is 12.4 Å². The monoisotopic (exact) mass is 318 g/mol. The summed E-state index contributed by atoms with van der Waals surface area (Å²) in [4.78, 5) is 12.7. The second-order valence-electron chi connectivity index (χ2n) is 6.71. The van der Waals surface area contributed by atoms with Gasteiger partial charge in [0.1, 0.15) is 0 Å². The number of hydrogen-bond acceptors (Lipinski definition) is 3. The lowest BCUT2D eigenvalue weighted by Crippen LogP contribution is -2.51. The molecule has 0 unspecified atom stereocenters. The standard InChI is InChI=1S/C16H30N2O2.ClH/c1-3-15(6-4-5-7-15)12-18-14(19)16(13-20-2)8-10-17-11-9-16;/h17H,3-13H2,1-2H3,(H,18,19);1H. The molecule has 1 heterocycles. The zero-order valence-corrected chi connectivity index (χ0v) is 14.3. The zero-order valence-electron chi connectivity index (χ0n) is 13.5. The molecule has 1 saturated carbocycles. The van der Waals surface area contributed by atoms with Crippen molar-refractivity contribution in [3.63, 3.8) is 0 Å². The average Bonchev–Trinajstić information content (AvgIpc) is 2.95. The first-order valence-electron chi connectivity index (χ1n) is 8.14. The van der Waals surface area contributed by atoms with Crippen LogP contribution in [-0.2, 0) is 9.53 Å². The number of carbonyl (C=O) groups is 1. The van der Waals surface area contributed by atoms with Gasteiger partial charge in [0, 0.05) is 13.7 Å². The second-order valence-corrected chi connectivity index (χ2v) is 6.71. The average molecular weight is 319 g/mol. The van der Waals surface area contributed by atoms with Gasteiger partial charge in [-0.2, -0.15) is 0 Å². The SMILES string of the molecule is CCC1(CNC(=O)C2(COC)CCNCC2)CCCC1.Cl.